The summed E-state index contributed by atoms with van der Waals surface area (Å²) in [6.07, 6.45) is 1.21. The van der Waals surface area contributed by atoms with Gasteiger partial charge in [-0.25, -0.2) is 4.79 Å². The van der Waals surface area contributed by atoms with Crippen molar-refractivity contribution < 1.29 is 29.1 Å². The van der Waals surface area contributed by atoms with Gasteiger partial charge >= 0.3 is 5.97 Å². The lowest BCUT2D eigenvalue weighted by atomic mass is 10.0. The van der Waals surface area contributed by atoms with Crippen LogP contribution < -0.4 is 33.6 Å². The molecule has 4 unspecified atom stereocenters. The number of aliphatic imine (C=N–C) groups is 1. The molecular formula is C25H38N8O6. The third-order valence-corrected chi connectivity index (χ3v) is 6.33. The Morgan fingerprint density at radius 3 is 2.33 bits per heavy atom. The van der Waals surface area contributed by atoms with E-state index in [0.717, 1.165) is 5.56 Å². The number of nitrogens with zero attached hydrogens (tertiary/aromatic N) is 2. The summed E-state index contributed by atoms with van der Waals surface area (Å²) in [5.74, 6) is -3.81. The molecular weight excluding hydrogens is 508 g/mol. The average Bonchev–Trinajstić information content (AvgIpc) is 3.38. The second-order valence-corrected chi connectivity index (χ2v) is 9.40. The number of amides is 4. The van der Waals surface area contributed by atoms with E-state index in [4.69, 9.17) is 22.9 Å². The molecule has 214 valence electrons. The van der Waals surface area contributed by atoms with Gasteiger partial charge in [-0.2, -0.15) is 0 Å². The van der Waals surface area contributed by atoms with Crippen LogP contribution in [0.1, 0.15) is 44.1 Å². The normalized spacial score (nSPS) is 16.9. The van der Waals surface area contributed by atoms with Gasteiger partial charge < -0.3 is 43.6 Å². The van der Waals surface area contributed by atoms with Crippen LogP contribution in [0.15, 0.2) is 35.3 Å². The Morgan fingerprint density at radius 2 is 1.72 bits per heavy atom. The van der Waals surface area contributed by atoms with Crippen LogP contribution in [0.2, 0.25) is 0 Å². The molecule has 1 heterocycles. The first-order valence-corrected chi connectivity index (χ1v) is 12.8. The van der Waals surface area contributed by atoms with Crippen molar-refractivity contribution in [1.29, 1.82) is 0 Å². The van der Waals surface area contributed by atoms with Crippen molar-refractivity contribution in [3.63, 3.8) is 0 Å². The van der Waals surface area contributed by atoms with Crippen molar-refractivity contribution in [3.05, 3.63) is 35.9 Å². The van der Waals surface area contributed by atoms with Crippen LogP contribution in [-0.4, -0.2) is 82.8 Å². The minimum absolute atomic E-state index is 0.104. The van der Waals surface area contributed by atoms with Gasteiger partial charge in [-0.15, -0.1) is 0 Å². The van der Waals surface area contributed by atoms with E-state index in [9.17, 15) is 29.1 Å². The molecule has 11 N–H and O–H groups in total. The monoisotopic (exact) mass is 546 g/mol. The molecule has 0 aliphatic carbocycles. The lowest BCUT2D eigenvalue weighted by Crippen LogP contribution is -2.57. The number of guanidine groups is 1. The van der Waals surface area contributed by atoms with E-state index in [1.165, 1.54) is 4.90 Å². The lowest BCUT2D eigenvalue weighted by molar-refractivity contribution is -0.145. The third-order valence-electron chi connectivity index (χ3n) is 6.33. The number of carboxylic acid groups (broad SMARTS) is 1. The highest BCUT2D eigenvalue weighted by Crippen LogP contribution is 2.20. The molecule has 0 radical (unpaired) electrons. The van der Waals surface area contributed by atoms with Crippen molar-refractivity contribution in [3.8, 4) is 0 Å². The second-order valence-electron chi connectivity index (χ2n) is 9.40. The Hall–Kier alpha value is -4.20. The minimum Gasteiger partial charge on any atom is -0.480 e. The molecule has 14 heteroatoms. The van der Waals surface area contributed by atoms with Gasteiger partial charge in [0.15, 0.2) is 5.96 Å². The fourth-order valence-corrected chi connectivity index (χ4v) is 4.32. The van der Waals surface area contributed by atoms with Gasteiger partial charge in [0.25, 0.3) is 0 Å². The summed E-state index contributed by atoms with van der Waals surface area (Å²) in [6, 6.07) is 4.98. The highest BCUT2D eigenvalue weighted by atomic mass is 16.4. The van der Waals surface area contributed by atoms with E-state index in [2.05, 4.69) is 15.6 Å². The zero-order valence-electron chi connectivity index (χ0n) is 21.8. The number of carbonyl (C=O) groups excluding carboxylic acids is 4. The second kappa shape index (κ2) is 15.3. The molecule has 1 aromatic carbocycles. The fourth-order valence-electron chi connectivity index (χ4n) is 4.32. The maximum atomic E-state index is 13.6. The van der Waals surface area contributed by atoms with Crippen LogP contribution in [0, 0.1) is 0 Å². The molecule has 1 aliphatic heterocycles. The van der Waals surface area contributed by atoms with E-state index < -0.39 is 53.8 Å². The van der Waals surface area contributed by atoms with Crippen molar-refractivity contribution in [2.24, 2.45) is 27.9 Å². The maximum Gasteiger partial charge on any atom is 0.326 e. The Bertz CT molecular complexity index is 1050. The predicted octanol–water partition coefficient (Wildman–Crippen LogP) is -2.08. The fraction of sp³-hybridized carbons (Fsp3) is 0.520. The SMILES string of the molecule is NC(=O)CCC(NC(=O)C1CCCN1C(=O)C(CCCN=C(N)N)NC(=O)C(N)Cc1ccccc1)C(=O)O. The smallest absolute Gasteiger partial charge is 0.326 e. The third kappa shape index (κ3) is 10.2. The average molecular weight is 547 g/mol. The van der Waals surface area contributed by atoms with Crippen molar-refractivity contribution >= 4 is 35.6 Å². The number of likely N-dealkylation sites (tertiary alicyclic amines) is 1. The van der Waals surface area contributed by atoms with Gasteiger partial charge in [-0.1, -0.05) is 30.3 Å². The lowest BCUT2D eigenvalue weighted by Gasteiger charge is -2.30. The quantitative estimate of drug-likeness (QED) is 0.0723. The number of carbonyl (C=O) groups is 5. The van der Waals surface area contributed by atoms with Gasteiger partial charge in [0.1, 0.15) is 18.1 Å². The molecule has 0 saturated carbocycles. The van der Waals surface area contributed by atoms with Crippen LogP contribution >= 0.6 is 0 Å². The Labute approximate surface area is 226 Å². The molecule has 1 saturated heterocycles. The van der Waals surface area contributed by atoms with E-state index in [-0.39, 0.29) is 44.7 Å². The molecule has 4 atom stereocenters. The van der Waals surface area contributed by atoms with E-state index >= 15 is 0 Å². The van der Waals surface area contributed by atoms with Crippen molar-refractivity contribution in [2.75, 3.05) is 13.1 Å². The zero-order valence-corrected chi connectivity index (χ0v) is 21.8. The number of primary amides is 1. The number of rotatable bonds is 15. The molecule has 1 aromatic rings. The zero-order chi connectivity index (χ0) is 28.9. The van der Waals surface area contributed by atoms with E-state index in [1.54, 1.807) is 0 Å². The molecule has 1 aliphatic rings. The van der Waals surface area contributed by atoms with Crippen molar-refractivity contribution in [1.82, 2.24) is 15.5 Å². The standard InChI is InChI=1S/C25H38N8O6/c26-16(14-15-6-2-1-3-7-15)21(35)31-17(8-4-12-30-25(28)29)23(37)33-13-5-9-19(33)22(36)32-18(24(38)39)10-11-20(27)34/h1-3,6-7,16-19H,4-5,8-14,26H2,(H2,27,34)(H,31,35)(H,32,36)(H,38,39)(H4,28,29,30). The molecule has 2 rings (SSSR count). The Balaban J connectivity index is 2.13. The number of hydrogen-bond acceptors (Lipinski definition) is 7. The van der Waals surface area contributed by atoms with Gasteiger partial charge in [0, 0.05) is 19.5 Å². The number of hydrogen-bond donors (Lipinski definition) is 7. The number of nitrogens with one attached hydrogen (secondary N) is 2. The molecule has 0 spiro atoms. The summed E-state index contributed by atoms with van der Waals surface area (Å²) in [5, 5.41) is 14.5. The summed E-state index contributed by atoms with van der Waals surface area (Å²) < 4.78 is 0. The van der Waals surface area contributed by atoms with Crippen molar-refractivity contribution in [2.45, 2.75) is 69.1 Å². The number of aliphatic carboxylic acids is 1. The largest absolute Gasteiger partial charge is 0.480 e. The van der Waals surface area contributed by atoms with Crippen LogP contribution in [0.25, 0.3) is 0 Å². The van der Waals surface area contributed by atoms with Crippen LogP contribution in [0.5, 0.6) is 0 Å². The molecule has 4 amide bonds. The predicted molar refractivity (Wildman–Crippen MR) is 143 cm³/mol. The van der Waals surface area contributed by atoms with Crippen LogP contribution in [-0.2, 0) is 30.4 Å². The maximum absolute atomic E-state index is 13.6. The van der Waals surface area contributed by atoms with Gasteiger partial charge in [-0.05, 0) is 44.1 Å². The topological polar surface area (TPSA) is 249 Å². The molecule has 0 aromatic heterocycles. The summed E-state index contributed by atoms with van der Waals surface area (Å²) in [6.45, 7) is 0.467. The van der Waals surface area contributed by atoms with E-state index in [0.29, 0.717) is 19.3 Å². The minimum atomic E-state index is -1.34. The first kappa shape index (κ1) is 31.0. The summed E-state index contributed by atoms with van der Waals surface area (Å²) in [4.78, 5) is 67.3. The summed E-state index contributed by atoms with van der Waals surface area (Å²) >= 11 is 0. The van der Waals surface area contributed by atoms with Gasteiger partial charge in [-0.3, -0.25) is 24.2 Å². The van der Waals surface area contributed by atoms with E-state index in [1.807, 2.05) is 30.3 Å². The number of benzene rings is 1. The van der Waals surface area contributed by atoms with Gasteiger partial charge in [0.05, 0.1) is 6.04 Å². The molecule has 39 heavy (non-hydrogen) atoms. The van der Waals surface area contributed by atoms with Crippen LogP contribution in [0.4, 0.5) is 0 Å². The molecule has 0 bridgehead atoms. The number of nitrogens with two attached hydrogens (primary N) is 4. The summed E-state index contributed by atoms with van der Waals surface area (Å²) in [7, 11) is 0. The molecule has 14 nitrogen and oxygen atoms in total. The summed E-state index contributed by atoms with van der Waals surface area (Å²) in [5.41, 5.74) is 22.8. The molecule has 1 fully saturated rings. The Morgan fingerprint density at radius 1 is 1.03 bits per heavy atom. The Kier molecular flexibility index (Phi) is 12.1. The highest BCUT2D eigenvalue weighted by molar-refractivity contribution is 5.94. The first-order chi connectivity index (χ1) is 18.5. The van der Waals surface area contributed by atoms with Gasteiger partial charge in [0.2, 0.25) is 23.6 Å². The van der Waals surface area contributed by atoms with Crippen LogP contribution in [0.3, 0.4) is 0 Å². The number of carboxylic acids is 1. The highest BCUT2D eigenvalue weighted by Gasteiger charge is 2.39. The first-order valence-electron chi connectivity index (χ1n) is 12.8.